The van der Waals surface area contributed by atoms with Gasteiger partial charge in [0.2, 0.25) is 6.10 Å². The van der Waals surface area contributed by atoms with Gasteiger partial charge in [-0.25, -0.2) is 4.79 Å². The number of carboxylic acid groups (broad SMARTS) is 1. The first-order chi connectivity index (χ1) is 49.4. The van der Waals surface area contributed by atoms with Crippen molar-refractivity contribution in [2.75, 3.05) is 6.61 Å². The van der Waals surface area contributed by atoms with Gasteiger partial charge in [-0.1, -0.05) is 166 Å². The maximum absolute atomic E-state index is 12.4. The maximum atomic E-state index is 12.4. The largest absolute Gasteiger partial charge is 0.481 e. The van der Waals surface area contributed by atoms with Crippen LogP contribution in [0.2, 0.25) is 0 Å². The van der Waals surface area contributed by atoms with Crippen molar-refractivity contribution in [2.24, 2.45) is 67.5 Å². The summed E-state index contributed by atoms with van der Waals surface area (Å²) in [4.78, 5) is 105. The number of ether oxygens (including phenoxy) is 9. The van der Waals surface area contributed by atoms with E-state index in [-0.39, 0.29) is 198 Å². The highest BCUT2D eigenvalue weighted by Crippen LogP contribution is 2.61. The summed E-state index contributed by atoms with van der Waals surface area (Å²) < 4.78 is 49.4. The van der Waals surface area contributed by atoms with Crippen molar-refractivity contribution in [2.45, 2.75) is 520 Å². The first kappa shape index (κ1) is 134. The van der Waals surface area contributed by atoms with Crippen molar-refractivity contribution in [3.63, 3.8) is 0 Å². The number of hydrogen-bond acceptors (Lipinski definition) is 20. The molecule has 4 saturated heterocycles. The Bertz CT molecular complexity index is 2950. The van der Waals surface area contributed by atoms with Gasteiger partial charge in [-0.05, 0) is 294 Å². The number of fused-ring (bicyclic) bond motifs is 1. The third-order valence-corrected chi connectivity index (χ3v) is 27.1. The Labute approximate surface area is 745 Å². The Morgan fingerprint density at radius 2 is 0.719 bits per heavy atom. The maximum Gasteiger partial charge on any atom is 0.347 e. The van der Waals surface area contributed by atoms with E-state index in [0.29, 0.717) is 75.2 Å². The number of esters is 8. The highest BCUT2D eigenvalue weighted by molar-refractivity contribution is 5.83. The van der Waals surface area contributed by atoms with Crippen LogP contribution in [0.4, 0.5) is 0 Å². The summed E-state index contributed by atoms with van der Waals surface area (Å²) in [6.45, 7) is 42.7. The molecule has 0 spiro atoms. The van der Waals surface area contributed by atoms with E-state index in [4.69, 9.17) is 47.7 Å². The predicted octanol–water partition coefficient (Wildman–Crippen LogP) is 25.8. The Balaban J connectivity index is -0.000000171. The van der Waals surface area contributed by atoms with Gasteiger partial charge in [-0.15, -0.1) is 0 Å². The lowest BCUT2D eigenvalue weighted by Gasteiger charge is -2.59. The van der Waals surface area contributed by atoms with E-state index in [1.165, 1.54) is 44.9 Å². The van der Waals surface area contributed by atoms with Crippen LogP contribution in [0.25, 0.3) is 0 Å². The van der Waals surface area contributed by atoms with Crippen LogP contribution in [-0.2, 0) is 85.8 Å². The second kappa shape index (κ2) is 53.0. The molecule has 10 bridgehead atoms. The van der Waals surface area contributed by atoms with Gasteiger partial charge in [-0.3, -0.25) is 38.4 Å². The summed E-state index contributed by atoms with van der Waals surface area (Å²) in [6, 6.07) is 0. The van der Waals surface area contributed by atoms with Gasteiger partial charge in [0.15, 0.2) is 12.2 Å². The van der Waals surface area contributed by atoms with Gasteiger partial charge in [0.05, 0.1) is 67.7 Å². The fourth-order valence-electron chi connectivity index (χ4n) is 17.1. The average molecular weight is 1740 g/mol. The van der Waals surface area contributed by atoms with E-state index in [1.807, 2.05) is 118 Å². The monoisotopic (exact) mass is 1740 g/mol. The van der Waals surface area contributed by atoms with Crippen LogP contribution in [0.1, 0.15) is 455 Å². The van der Waals surface area contributed by atoms with E-state index in [2.05, 4.69) is 6.92 Å². The van der Waals surface area contributed by atoms with Crippen LogP contribution < -0.4 is 0 Å². The van der Waals surface area contributed by atoms with Crippen LogP contribution in [-0.4, -0.2) is 140 Å². The number of aliphatic hydroxyl groups is 2. The minimum absolute atomic E-state index is 0. The van der Waals surface area contributed by atoms with Gasteiger partial charge >= 0.3 is 53.7 Å². The number of carboxylic acids is 1. The van der Waals surface area contributed by atoms with Crippen molar-refractivity contribution in [1.29, 1.82) is 0 Å². The molecule has 121 heavy (non-hydrogen) atoms. The molecule has 10 aliphatic carbocycles. The van der Waals surface area contributed by atoms with E-state index < -0.39 is 68.5 Å². The molecule has 21 heteroatoms. The molecule has 0 aromatic rings. The molecular weight excluding hydrogens is 1540 g/mol. The molecule has 10 atom stereocenters. The zero-order chi connectivity index (χ0) is 80.5. The summed E-state index contributed by atoms with van der Waals surface area (Å²) in [5.41, 5.74) is -5.00. The SMILES string of the molecule is C.C.C.C.C.C.C.C.C.C.C.C.C.C.CCC(C)(C)C(=O)O.CCC(C)(C)C(=O)OC12CC3CC(CC(O)(C3)C1)C2.CCC(C)(C)C(=O)OC12CC3CC(CC(O)(C3)C1)C2.CCC(C)(C)C(=O)OC1C2CC3C(=O)OC1C3O2.CCC(C)(C)C(=O)OC1CCCCC1.CCC(C)(C)C(=O)OC1CCOC1=O.CCC1(OC(=O)C(C)(C)CC)CCCC1. The zero-order valence-electron chi connectivity index (χ0n) is 70.2. The van der Waals surface area contributed by atoms with Gasteiger partial charge < -0.3 is 58.0 Å². The zero-order valence-corrected chi connectivity index (χ0v) is 70.2. The molecule has 4 heterocycles. The number of carbonyl (C=O) groups excluding carboxylic acids is 8. The third-order valence-electron chi connectivity index (χ3n) is 27.1. The fourth-order valence-corrected chi connectivity index (χ4v) is 17.1. The average Bonchev–Trinajstić information content (AvgIpc) is 1.67. The molecule has 10 saturated carbocycles. The lowest BCUT2D eigenvalue weighted by Crippen LogP contribution is -2.61. The molecule has 10 unspecified atom stereocenters. The number of carbonyl (C=O) groups is 9. The third kappa shape index (κ3) is 34.3. The first-order valence-electron chi connectivity index (χ1n) is 41.5. The van der Waals surface area contributed by atoms with Gasteiger partial charge in [0, 0.05) is 19.3 Å². The van der Waals surface area contributed by atoms with Gasteiger partial charge in [0.1, 0.15) is 29.0 Å². The van der Waals surface area contributed by atoms with Crippen LogP contribution in [0.5, 0.6) is 0 Å². The van der Waals surface area contributed by atoms with Crippen molar-refractivity contribution in [3.8, 4) is 0 Å². The molecule has 3 N–H and O–H groups in total. The molecule has 14 fully saturated rings. The molecule has 726 valence electrons. The molecule has 0 radical (unpaired) electrons. The lowest BCUT2D eigenvalue weighted by atomic mass is 9.52. The van der Waals surface area contributed by atoms with Gasteiger partial charge in [0.25, 0.3) is 0 Å². The summed E-state index contributed by atoms with van der Waals surface area (Å²) >= 11 is 0. The standard InChI is InChI=1S/2C16H26O3.C13H18O5.C13H24O2.C12H22O2.C10H16O4.C6H12O2.14CH4/c2*1-4-14(2,3)13(17)19-16-8-11-5-12(9-16)7-15(18,6-11)10-16;1-4-13(2,3)12(15)18-9-7-5-6-8(16-7)10(9)17-11(6)14;1-5-12(3,4)11(14)15-13(6-2)9-7-8-10-13;1-4-12(2,3)11(13)14-10-8-6-5-7-9-10;1-4-10(2,3)9(12)14-7-5-6-13-8(7)11;1-4-6(2,3)5(7)8;;;;;;;;;;;;;;/h2*11-12,18H,4-10H2,1-3H3;6-10H,4-5H2,1-3H3;5-10H2,1-4H3;10H,4-9H2,1-3H3;7H,4-6H2,1-3H3;4H2,1-3H3,(H,7,8);14*1H4. The van der Waals surface area contributed by atoms with Gasteiger partial charge in [-0.2, -0.15) is 0 Å². The van der Waals surface area contributed by atoms with Crippen LogP contribution in [0.3, 0.4) is 0 Å². The van der Waals surface area contributed by atoms with E-state index in [9.17, 15) is 53.4 Å². The highest BCUT2D eigenvalue weighted by Gasteiger charge is 2.66. The Hall–Kier alpha value is -4.89. The molecule has 14 rings (SSSR count). The van der Waals surface area contributed by atoms with Crippen molar-refractivity contribution in [3.05, 3.63) is 0 Å². The summed E-state index contributed by atoms with van der Waals surface area (Å²) in [6.07, 6.45) is 27.4. The number of aliphatic carboxylic acids is 1. The molecule has 0 amide bonds. The summed E-state index contributed by atoms with van der Waals surface area (Å²) in [7, 11) is 0. The van der Waals surface area contributed by atoms with Crippen molar-refractivity contribution >= 4 is 53.7 Å². The topological polar surface area (TPSA) is 297 Å². The molecule has 0 aromatic carbocycles. The van der Waals surface area contributed by atoms with E-state index >= 15 is 0 Å². The molecule has 14 aliphatic rings. The van der Waals surface area contributed by atoms with Crippen LogP contribution in [0, 0.1) is 67.5 Å². The van der Waals surface area contributed by atoms with Crippen molar-refractivity contribution in [1.82, 2.24) is 0 Å². The minimum atomic E-state index is -0.722. The highest BCUT2D eigenvalue weighted by atomic mass is 16.7. The second-order valence-corrected chi connectivity index (χ2v) is 38.9. The normalized spacial score (nSPS) is 28.1. The number of rotatable bonds is 21. The number of cyclic esters (lactones) is 1. The quantitative estimate of drug-likeness (QED) is 0.0710. The fraction of sp³-hybridized carbons (Fsp3) is 0.910. The number of hydrogen-bond donors (Lipinski definition) is 3. The minimum Gasteiger partial charge on any atom is -0.481 e. The molecule has 4 aliphatic heterocycles. The summed E-state index contributed by atoms with van der Waals surface area (Å²) in [5, 5.41) is 29.7. The smallest absolute Gasteiger partial charge is 0.347 e. The molecule has 0 aromatic heterocycles. The predicted molar refractivity (Wildman–Crippen MR) is 500 cm³/mol. The summed E-state index contributed by atoms with van der Waals surface area (Å²) in [5.74, 6) is -0.0448. The Morgan fingerprint density at radius 3 is 1.02 bits per heavy atom. The van der Waals surface area contributed by atoms with Crippen molar-refractivity contribution < 1.29 is 101 Å². The molecule has 21 nitrogen and oxygen atoms in total. The van der Waals surface area contributed by atoms with E-state index in [1.54, 1.807) is 27.7 Å². The molecular formula is C100H200O21. The van der Waals surface area contributed by atoms with E-state index in [0.717, 1.165) is 109 Å². The Morgan fingerprint density at radius 1 is 0.388 bits per heavy atom. The second-order valence-electron chi connectivity index (χ2n) is 38.9. The van der Waals surface area contributed by atoms with Crippen LogP contribution >= 0.6 is 0 Å². The Kier molecular flexibility index (Phi) is 58.8. The first-order valence-corrected chi connectivity index (χ1v) is 41.5. The lowest BCUT2D eigenvalue weighted by molar-refractivity contribution is -0.226. The van der Waals surface area contributed by atoms with Crippen LogP contribution in [0.15, 0.2) is 0 Å².